The number of aliphatic hydroxyl groups is 1. The molecule has 3 aromatic rings. The van der Waals surface area contributed by atoms with Gasteiger partial charge in [0.2, 0.25) is 5.88 Å². The first-order chi connectivity index (χ1) is 15.1. The molecular weight excluding hydrogens is 390 g/mol. The average Bonchev–Trinajstić information content (AvgIpc) is 3.26. The van der Waals surface area contributed by atoms with Gasteiger partial charge in [0.05, 0.1) is 24.3 Å². The molecule has 0 radical (unpaired) electrons. The second-order valence-corrected chi connectivity index (χ2v) is 7.89. The number of benzene rings is 2. The summed E-state index contributed by atoms with van der Waals surface area (Å²) >= 11 is 0. The first-order valence-electron chi connectivity index (χ1n) is 10.0. The summed E-state index contributed by atoms with van der Waals surface area (Å²) in [7, 11) is 1.47. The van der Waals surface area contributed by atoms with Gasteiger partial charge in [-0.05, 0) is 36.1 Å². The minimum Gasteiger partial charge on any atom is -0.481 e. The van der Waals surface area contributed by atoms with Crippen molar-refractivity contribution in [3.8, 4) is 23.8 Å². The van der Waals surface area contributed by atoms with Crippen LogP contribution in [0.3, 0.4) is 0 Å². The minimum absolute atomic E-state index is 0.158. The zero-order valence-corrected chi connectivity index (χ0v) is 16.9. The molecule has 0 spiro atoms. The zero-order valence-electron chi connectivity index (χ0n) is 16.9. The Kier molecular flexibility index (Phi) is 4.22. The normalized spacial score (nSPS) is 25.6. The number of ether oxygens (including phenoxy) is 2. The van der Waals surface area contributed by atoms with E-state index in [1.807, 2.05) is 48.5 Å². The number of pyridine rings is 1. The van der Waals surface area contributed by atoms with Gasteiger partial charge in [-0.3, -0.25) is 0 Å². The third-order valence-electron chi connectivity index (χ3n) is 6.49. The van der Waals surface area contributed by atoms with Crippen molar-refractivity contribution in [1.29, 1.82) is 10.5 Å². The zero-order chi connectivity index (χ0) is 21.6. The third-order valence-corrected chi connectivity index (χ3v) is 6.49. The van der Waals surface area contributed by atoms with Crippen LogP contribution in [0, 0.1) is 22.7 Å². The largest absolute Gasteiger partial charge is 0.481 e. The highest BCUT2D eigenvalue weighted by molar-refractivity contribution is 5.58. The Morgan fingerprint density at radius 3 is 2.48 bits per heavy atom. The average molecular weight is 409 g/mol. The molecule has 0 saturated heterocycles. The minimum atomic E-state index is -1.41. The molecule has 0 bridgehead atoms. The summed E-state index contributed by atoms with van der Waals surface area (Å²) in [4.78, 5) is 4.27. The summed E-state index contributed by atoms with van der Waals surface area (Å²) in [6, 6.07) is 22.8. The van der Waals surface area contributed by atoms with Crippen LogP contribution in [0.25, 0.3) is 0 Å². The van der Waals surface area contributed by atoms with E-state index in [0.717, 1.165) is 11.1 Å². The van der Waals surface area contributed by atoms with Gasteiger partial charge >= 0.3 is 0 Å². The molecule has 1 aliphatic carbocycles. The second kappa shape index (κ2) is 6.84. The summed E-state index contributed by atoms with van der Waals surface area (Å²) in [5.41, 5.74) is 0.402. The van der Waals surface area contributed by atoms with E-state index in [0.29, 0.717) is 29.7 Å². The predicted octanol–water partition coefficient (Wildman–Crippen LogP) is 3.89. The standard InChI is InChI=1S/C25H19N3O3/c1-30-23-22-21(13-19(15-27)28-23)31-25(18-9-7-16(14-26)8-10-18)20(11-12-24(22,25)29)17-5-3-2-4-6-17/h2-10,13,20,29H,11-12H2,1H3/t20?,24-,25+/m1/s1. The molecule has 1 N–H and O–H groups in total. The van der Waals surface area contributed by atoms with Gasteiger partial charge in [-0.1, -0.05) is 42.5 Å². The van der Waals surface area contributed by atoms with Crippen LogP contribution in [-0.2, 0) is 11.2 Å². The monoisotopic (exact) mass is 409 g/mol. The van der Waals surface area contributed by atoms with Crippen LogP contribution in [-0.4, -0.2) is 17.2 Å². The molecule has 1 unspecified atom stereocenters. The van der Waals surface area contributed by atoms with E-state index >= 15 is 0 Å². The van der Waals surface area contributed by atoms with Gasteiger partial charge in [-0.15, -0.1) is 0 Å². The van der Waals surface area contributed by atoms with Crippen molar-refractivity contribution in [2.24, 2.45) is 0 Å². The molecule has 2 aliphatic rings. The number of hydrogen-bond donors (Lipinski definition) is 1. The fraction of sp³-hybridized carbons (Fsp3) is 0.240. The van der Waals surface area contributed by atoms with Crippen LogP contribution in [0.5, 0.6) is 11.6 Å². The topological polar surface area (TPSA) is 99.2 Å². The Morgan fingerprint density at radius 1 is 1.10 bits per heavy atom. The number of fused-ring (bicyclic) bond motifs is 3. The van der Waals surface area contributed by atoms with Crippen LogP contribution in [0.15, 0.2) is 60.7 Å². The second-order valence-electron chi connectivity index (χ2n) is 7.89. The Hall–Kier alpha value is -3.87. The smallest absolute Gasteiger partial charge is 0.224 e. The summed E-state index contributed by atoms with van der Waals surface area (Å²) in [6.45, 7) is 0. The SMILES string of the molecule is COc1nc(C#N)cc2c1[C@]1(O)CCC(c3ccccc3)[C@]1(c1ccc(C#N)cc1)O2. The molecule has 6 heteroatoms. The van der Waals surface area contributed by atoms with E-state index in [4.69, 9.17) is 9.47 Å². The van der Waals surface area contributed by atoms with E-state index < -0.39 is 11.2 Å². The predicted molar refractivity (Wildman–Crippen MR) is 111 cm³/mol. The van der Waals surface area contributed by atoms with Gasteiger partial charge in [-0.2, -0.15) is 10.5 Å². The maximum Gasteiger partial charge on any atom is 0.224 e. The molecule has 31 heavy (non-hydrogen) atoms. The highest BCUT2D eigenvalue weighted by Gasteiger charge is 2.69. The van der Waals surface area contributed by atoms with Gasteiger partial charge in [0.15, 0.2) is 5.60 Å². The number of rotatable bonds is 3. The maximum absolute atomic E-state index is 12.2. The van der Waals surface area contributed by atoms with Crippen LogP contribution in [0.1, 0.15) is 46.7 Å². The van der Waals surface area contributed by atoms with Crippen LogP contribution in [0.4, 0.5) is 0 Å². The highest BCUT2D eigenvalue weighted by Crippen LogP contribution is 2.67. The van der Waals surface area contributed by atoms with Crippen LogP contribution in [0.2, 0.25) is 0 Å². The van der Waals surface area contributed by atoms with Gasteiger partial charge in [0.1, 0.15) is 23.1 Å². The van der Waals surface area contributed by atoms with Gasteiger partial charge in [-0.25, -0.2) is 4.98 Å². The molecule has 5 rings (SSSR count). The lowest BCUT2D eigenvalue weighted by molar-refractivity contribution is -0.106. The fourth-order valence-corrected chi connectivity index (χ4v) is 5.21. The first-order valence-corrected chi connectivity index (χ1v) is 10.0. The van der Waals surface area contributed by atoms with Crippen molar-refractivity contribution in [3.05, 3.63) is 88.6 Å². The molecule has 2 aromatic carbocycles. The lowest BCUT2D eigenvalue weighted by atomic mass is 9.72. The van der Waals surface area contributed by atoms with Crippen molar-refractivity contribution >= 4 is 0 Å². The van der Waals surface area contributed by atoms with E-state index in [1.165, 1.54) is 7.11 Å². The number of nitrogens with zero attached hydrogens (tertiary/aromatic N) is 3. The van der Waals surface area contributed by atoms with E-state index in [-0.39, 0.29) is 17.5 Å². The van der Waals surface area contributed by atoms with E-state index in [9.17, 15) is 15.6 Å². The molecule has 0 amide bonds. The van der Waals surface area contributed by atoms with Crippen molar-refractivity contribution in [3.63, 3.8) is 0 Å². The Balaban J connectivity index is 1.79. The van der Waals surface area contributed by atoms with Gasteiger partial charge in [0.25, 0.3) is 0 Å². The molecule has 1 saturated carbocycles. The number of aromatic nitrogens is 1. The number of methoxy groups -OCH3 is 1. The third kappa shape index (κ3) is 2.49. The fourth-order valence-electron chi connectivity index (χ4n) is 5.21. The number of hydrogen-bond acceptors (Lipinski definition) is 6. The lowest BCUT2D eigenvalue weighted by Crippen LogP contribution is -2.48. The first kappa shape index (κ1) is 19.1. The van der Waals surface area contributed by atoms with Gasteiger partial charge < -0.3 is 14.6 Å². The Bertz CT molecular complexity index is 1240. The summed E-state index contributed by atoms with van der Waals surface area (Å²) in [6.07, 6.45) is 1.12. The number of nitriles is 2. The lowest BCUT2D eigenvalue weighted by Gasteiger charge is -2.40. The maximum atomic E-state index is 12.2. The summed E-state index contributed by atoms with van der Waals surface area (Å²) in [5, 5.41) is 30.9. The van der Waals surface area contributed by atoms with E-state index in [1.54, 1.807) is 18.2 Å². The van der Waals surface area contributed by atoms with Crippen molar-refractivity contribution in [1.82, 2.24) is 4.98 Å². The summed E-state index contributed by atoms with van der Waals surface area (Å²) < 4.78 is 12.1. The quantitative estimate of drug-likeness (QED) is 0.705. The van der Waals surface area contributed by atoms with Gasteiger partial charge in [0, 0.05) is 12.0 Å². The molecule has 1 aromatic heterocycles. The summed E-state index contributed by atoms with van der Waals surface area (Å²) in [5.74, 6) is 0.436. The molecule has 1 fully saturated rings. The Morgan fingerprint density at radius 2 is 1.84 bits per heavy atom. The van der Waals surface area contributed by atoms with Crippen LogP contribution < -0.4 is 9.47 Å². The highest BCUT2D eigenvalue weighted by atomic mass is 16.5. The van der Waals surface area contributed by atoms with Crippen molar-refractivity contribution in [2.75, 3.05) is 7.11 Å². The molecule has 6 nitrogen and oxygen atoms in total. The van der Waals surface area contributed by atoms with Crippen molar-refractivity contribution in [2.45, 2.75) is 30.0 Å². The molecule has 1 aliphatic heterocycles. The molecule has 2 heterocycles. The Labute approximate surface area is 179 Å². The molecule has 3 atom stereocenters. The van der Waals surface area contributed by atoms with Crippen molar-refractivity contribution < 1.29 is 14.6 Å². The van der Waals surface area contributed by atoms with E-state index in [2.05, 4.69) is 11.1 Å². The molecule has 152 valence electrons. The van der Waals surface area contributed by atoms with Crippen LogP contribution >= 0.6 is 0 Å². The molecular formula is C25H19N3O3.